The molecule has 1 unspecified atom stereocenters. The summed E-state index contributed by atoms with van der Waals surface area (Å²) in [5.41, 5.74) is 9.23. The Balaban J connectivity index is 1.95. The predicted molar refractivity (Wildman–Crippen MR) is 66.9 cm³/mol. The molecule has 2 aromatic rings. The highest BCUT2D eigenvalue weighted by Crippen LogP contribution is 2.35. The van der Waals surface area contributed by atoms with Gasteiger partial charge in [-0.15, -0.1) is 0 Å². The van der Waals surface area contributed by atoms with Crippen molar-refractivity contribution in [3.05, 3.63) is 29.7 Å². The largest absolute Gasteiger partial charge is 0.328 e. The van der Waals surface area contributed by atoms with Crippen LogP contribution in [0.3, 0.4) is 0 Å². The number of fused-ring (bicyclic) bond motifs is 1. The Morgan fingerprint density at radius 1 is 1.47 bits per heavy atom. The Labute approximate surface area is 101 Å². The van der Waals surface area contributed by atoms with Gasteiger partial charge in [-0.25, -0.2) is 9.50 Å². The van der Waals surface area contributed by atoms with Crippen LogP contribution in [0, 0.1) is 0 Å². The van der Waals surface area contributed by atoms with E-state index in [1.54, 1.807) is 0 Å². The number of nitrogens with two attached hydrogens (primary N) is 1. The van der Waals surface area contributed by atoms with Crippen molar-refractivity contribution in [2.24, 2.45) is 5.73 Å². The Morgan fingerprint density at radius 3 is 2.94 bits per heavy atom. The maximum absolute atomic E-state index is 5.82. The minimum atomic E-state index is 0.149. The molecular weight excluding hydrogens is 212 g/mol. The smallest absolute Gasteiger partial charge is 0.158 e. The molecule has 0 amide bonds. The fourth-order valence-corrected chi connectivity index (χ4v) is 2.38. The van der Waals surface area contributed by atoms with Gasteiger partial charge in [-0.2, -0.15) is 5.10 Å². The maximum Gasteiger partial charge on any atom is 0.158 e. The van der Waals surface area contributed by atoms with Gasteiger partial charge in [0.1, 0.15) is 0 Å². The van der Waals surface area contributed by atoms with E-state index in [1.165, 1.54) is 24.8 Å². The van der Waals surface area contributed by atoms with Gasteiger partial charge in [0.15, 0.2) is 5.65 Å². The van der Waals surface area contributed by atoms with E-state index in [9.17, 15) is 0 Å². The van der Waals surface area contributed by atoms with E-state index in [4.69, 9.17) is 5.73 Å². The standard InChI is InChI=1S/C13H18N4/c1-9(14)5-11-7-16-17-8-12(6-15-13(11)17)10-3-2-4-10/h6-10H,2-5,14H2,1H3. The number of rotatable bonds is 3. The highest BCUT2D eigenvalue weighted by molar-refractivity contribution is 5.47. The third kappa shape index (κ3) is 1.93. The zero-order valence-corrected chi connectivity index (χ0v) is 10.1. The zero-order chi connectivity index (χ0) is 11.8. The molecular formula is C13H18N4. The average Bonchev–Trinajstić information content (AvgIpc) is 2.58. The van der Waals surface area contributed by atoms with E-state index in [2.05, 4.69) is 16.3 Å². The van der Waals surface area contributed by atoms with Crippen LogP contribution in [0.2, 0.25) is 0 Å². The molecule has 2 aromatic heterocycles. The first-order chi connectivity index (χ1) is 8.24. The molecule has 1 aliphatic carbocycles. The summed E-state index contributed by atoms with van der Waals surface area (Å²) in [5.74, 6) is 0.702. The van der Waals surface area contributed by atoms with Gasteiger partial charge in [0, 0.05) is 24.0 Å². The molecule has 1 fully saturated rings. The van der Waals surface area contributed by atoms with Crippen LogP contribution in [0.4, 0.5) is 0 Å². The molecule has 17 heavy (non-hydrogen) atoms. The first kappa shape index (κ1) is 10.7. The number of hydrogen-bond donors (Lipinski definition) is 1. The van der Waals surface area contributed by atoms with Gasteiger partial charge in [0.05, 0.1) is 6.20 Å². The second kappa shape index (κ2) is 4.11. The molecule has 3 rings (SSSR count). The van der Waals surface area contributed by atoms with Gasteiger partial charge in [-0.3, -0.25) is 0 Å². The minimum Gasteiger partial charge on any atom is -0.328 e. The van der Waals surface area contributed by atoms with Crippen LogP contribution in [-0.4, -0.2) is 20.6 Å². The molecule has 4 heteroatoms. The first-order valence-electron chi connectivity index (χ1n) is 6.32. The summed E-state index contributed by atoms with van der Waals surface area (Å²) in [6.07, 6.45) is 10.8. The highest BCUT2D eigenvalue weighted by atomic mass is 15.2. The second-order valence-corrected chi connectivity index (χ2v) is 5.13. The van der Waals surface area contributed by atoms with Crippen molar-refractivity contribution in [3.63, 3.8) is 0 Å². The number of nitrogens with zero attached hydrogens (tertiary/aromatic N) is 3. The maximum atomic E-state index is 5.82. The van der Waals surface area contributed by atoms with Crippen molar-refractivity contribution in [1.82, 2.24) is 14.6 Å². The highest BCUT2D eigenvalue weighted by Gasteiger charge is 2.20. The van der Waals surface area contributed by atoms with Crippen LogP contribution in [0.15, 0.2) is 18.6 Å². The predicted octanol–water partition coefficient (Wildman–Crippen LogP) is 1.89. The van der Waals surface area contributed by atoms with Crippen molar-refractivity contribution >= 4 is 5.65 Å². The lowest BCUT2D eigenvalue weighted by atomic mass is 9.81. The van der Waals surface area contributed by atoms with Crippen LogP contribution < -0.4 is 5.73 Å². The molecule has 0 bridgehead atoms. The van der Waals surface area contributed by atoms with Gasteiger partial charge >= 0.3 is 0 Å². The summed E-state index contributed by atoms with van der Waals surface area (Å²) >= 11 is 0. The monoisotopic (exact) mass is 230 g/mol. The molecule has 2 heterocycles. The van der Waals surface area contributed by atoms with Gasteiger partial charge in [-0.05, 0) is 37.7 Å². The summed E-state index contributed by atoms with van der Waals surface area (Å²) in [6, 6.07) is 0.149. The van der Waals surface area contributed by atoms with Crippen molar-refractivity contribution in [1.29, 1.82) is 0 Å². The summed E-state index contributed by atoms with van der Waals surface area (Å²) in [6.45, 7) is 2.01. The summed E-state index contributed by atoms with van der Waals surface area (Å²) < 4.78 is 1.89. The molecule has 4 nitrogen and oxygen atoms in total. The molecule has 0 spiro atoms. The Bertz CT molecular complexity index is 525. The molecule has 0 aliphatic heterocycles. The summed E-state index contributed by atoms with van der Waals surface area (Å²) in [7, 11) is 0. The normalized spacial score (nSPS) is 18.2. The van der Waals surface area contributed by atoms with Gasteiger partial charge in [0.2, 0.25) is 0 Å². The Kier molecular flexibility index (Phi) is 2.59. The molecule has 1 saturated carbocycles. The lowest BCUT2D eigenvalue weighted by Gasteiger charge is -2.25. The lowest BCUT2D eigenvalue weighted by molar-refractivity contribution is 0.417. The molecule has 90 valence electrons. The summed E-state index contributed by atoms with van der Waals surface area (Å²) in [5, 5.41) is 4.37. The van der Waals surface area contributed by atoms with Crippen LogP contribution in [0.25, 0.3) is 5.65 Å². The van der Waals surface area contributed by atoms with Crippen molar-refractivity contribution in [3.8, 4) is 0 Å². The molecule has 2 N–H and O–H groups in total. The van der Waals surface area contributed by atoms with Crippen LogP contribution in [0.5, 0.6) is 0 Å². The van der Waals surface area contributed by atoms with Crippen molar-refractivity contribution in [2.45, 2.75) is 44.6 Å². The molecule has 1 aliphatic rings. The second-order valence-electron chi connectivity index (χ2n) is 5.13. The van der Waals surface area contributed by atoms with E-state index < -0.39 is 0 Å². The first-order valence-corrected chi connectivity index (χ1v) is 6.32. The van der Waals surface area contributed by atoms with E-state index in [1.807, 2.05) is 23.8 Å². The lowest BCUT2D eigenvalue weighted by Crippen LogP contribution is -2.17. The van der Waals surface area contributed by atoms with Crippen LogP contribution in [-0.2, 0) is 6.42 Å². The third-order valence-corrected chi connectivity index (χ3v) is 3.57. The van der Waals surface area contributed by atoms with Gasteiger partial charge in [0.25, 0.3) is 0 Å². The molecule has 0 aromatic carbocycles. The van der Waals surface area contributed by atoms with E-state index in [-0.39, 0.29) is 6.04 Å². The molecule has 0 radical (unpaired) electrons. The quantitative estimate of drug-likeness (QED) is 0.876. The zero-order valence-electron chi connectivity index (χ0n) is 10.1. The number of aromatic nitrogens is 3. The van der Waals surface area contributed by atoms with E-state index in [0.29, 0.717) is 5.92 Å². The van der Waals surface area contributed by atoms with E-state index in [0.717, 1.165) is 17.6 Å². The average molecular weight is 230 g/mol. The van der Waals surface area contributed by atoms with Crippen molar-refractivity contribution < 1.29 is 0 Å². The van der Waals surface area contributed by atoms with Crippen molar-refractivity contribution in [2.75, 3.05) is 0 Å². The number of hydrogen-bond acceptors (Lipinski definition) is 3. The van der Waals surface area contributed by atoms with Crippen LogP contribution in [0.1, 0.15) is 43.2 Å². The van der Waals surface area contributed by atoms with Crippen LogP contribution >= 0.6 is 0 Å². The topological polar surface area (TPSA) is 56.2 Å². The molecule has 0 saturated heterocycles. The Hall–Kier alpha value is -1.42. The SMILES string of the molecule is CC(N)Cc1cnn2cc(C3CCC3)cnc12. The van der Waals surface area contributed by atoms with Gasteiger partial charge in [-0.1, -0.05) is 6.42 Å². The fourth-order valence-electron chi connectivity index (χ4n) is 2.38. The minimum absolute atomic E-state index is 0.149. The van der Waals surface area contributed by atoms with Gasteiger partial charge < -0.3 is 5.73 Å². The third-order valence-electron chi connectivity index (χ3n) is 3.57. The Morgan fingerprint density at radius 2 is 2.29 bits per heavy atom. The molecule has 1 atom stereocenters. The summed E-state index contributed by atoms with van der Waals surface area (Å²) in [4.78, 5) is 4.54. The fraction of sp³-hybridized carbons (Fsp3) is 0.538. The van der Waals surface area contributed by atoms with E-state index >= 15 is 0 Å².